The van der Waals surface area contributed by atoms with E-state index in [-0.39, 0.29) is 24.8 Å². The molecule has 0 radical (unpaired) electrons. The van der Waals surface area contributed by atoms with Crippen LogP contribution in [0.3, 0.4) is 0 Å². The Kier molecular flexibility index (Phi) is 5.46. The minimum atomic E-state index is 0.141. The maximum absolute atomic E-state index is 8.73. The highest BCUT2D eigenvalue weighted by Crippen LogP contribution is 1.97. The van der Waals surface area contributed by atoms with Crippen LogP contribution in [0, 0.1) is 0 Å². The average Bonchev–Trinajstić information content (AvgIpc) is 2.02. The molecule has 0 bridgehead atoms. The topological polar surface area (TPSA) is 41.5 Å². The van der Waals surface area contributed by atoms with Crippen LogP contribution in [-0.4, -0.2) is 37.0 Å². The van der Waals surface area contributed by atoms with Crippen molar-refractivity contribution in [3.05, 3.63) is 0 Å². The van der Waals surface area contributed by atoms with Gasteiger partial charge in [0.15, 0.2) is 0 Å². The van der Waals surface area contributed by atoms with Crippen LogP contribution in [0.1, 0.15) is 20.8 Å². The normalized spacial score (nSPS) is 19.4. The summed E-state index contributed by atoms with van der Waals surface area (Å²) in [5, 5.41) is 11.9. The summed E-state index contributed by atoms with van der Waals surface area (Å²) in [6, 6.07) is 0.421. The molecule has 0 aromatic heterocycles. The maximum atomic E-state index is 8.73. The molecule has 0 spiro atoms. The van der Waals surface area contributed by atoms with Crippen LogP contribution in [0.2, 0.25) is 0 Å². The molecule has 11 heavy (non-hydrogen) atoms. The molecule has 0 saturated carbocycles. The van der Waals surface area contributed by atoms with Crippen LogP contribution in [0.5, 0.6) is 0 Å². The molecule has 0 amide bonds. The Morgan fingerprint density at radius 2 is 1.91 bits per heavy atom. The monoisotopic (exact) mass is 161 g/mol. The number of hydrogen-bond donors (Lipinski definition) is 2. The Labute approximate surface area is 68.8 Å². The Balaban J connectivity index is 3.58. The molecule has 2 N–H and O–H groups in total. The highest BCUT2D eigenvalue weighted by Gasteiger charge is 2.12. The van der Waals surface area contributed by atoms with Crippen LogP contribution in [0.25, 0.3) is 0 Å². The Bertz CT molecular complexity index is 98.1. The summed E-state index contributed by atoms with van der Waals surface area (Å²) in [5.74, 6) is 0. The highest BCUT2D eigenvalue weighted by molar-refractivity contribution is 4.71. The van der Waals surface area contributed by atoms with Gasteiger partial charge in [-0.3, -0.25) is 0 Å². The largest absolute Gasteiger partial charge is 0.395 e. The number of aliphatic hydroxyl groups excluding tert-OH is 1. The molecule has 3 heteroatoms. The van der Waals surface area contributed by atoms with Crippen molar-refractivity contribution in [2.24, 2.45) is 0 Å². The second-order valence-corrected chi connectivity index (χ2v) is 2.98. The first-order chi connectivity index (χ1) is 5.11. The number of aliphatic hydroxyl groups is 1. The van der Waals surface area contributed by atoms with Gasteiger partial charge in [0.1, 0.15) is 0 Å². The summed E-state index contributed by atoms with van der Waals surface area (Å²) in [4.78, 5) is 0. The van der Waals surface area contributed by atoms with Crippen molar-refractivity contribution in [1.82, 2.24) is 5.32 Å². The molecule has 0 aromatic rings. The van der Waals surface area contributed by atoms with E-state index >= 15 is 0 Å². The van der Waals surface area contributed by atoms with Crippen molar-refractivity contribution < 1.29 is 9.84 Å². The fourth-order valence-corrected chi connectivity index (χ4v) is 0.841. The molecule has 0 aliphatic carbocycles. The van der Waals surface area contributed by atoms with Crippen molar-refractivity contribution in [2.75, 3.05) is 13.7 Å². The fourth-order valence-electron chi connectivity index (χ4n) is 0.841. The molecule has 0 aliphatic rings. The lowest BCUT2D eigenvalue weighted by molar-refractivity contribution is 0.0811. The lowest BCUT2D eigenvalue weighted by Gasteiger charge is -2.23. The fraction of sp³-hybridized carbons (Fsp3) is 1.00. The Morgan fingerprint density at radius 1 is 1.36 bits per heavy atom. The zero-order valence-corrected chi connectivity index (χ0v) is 7.79. The molecule has 0 aromatic carbocycles. The van der Waals surface area contributed by atoms with Gasteiger partial charge in [-0.25, -0.2) is 0 Å². The predicted octanol–water partition coefficient (Wildman–Crippen LogP) is 0.380. The molecule has 0 fully saturated rings. The SMILES string of the molecule is COC(C)C(C)NC(C)CO. The maximum Gasteiger partial charge on any atom is 0.0693 e. The number of hydrogen-bond acceptors (Lipinski definition) is 3. The third kappa shape index (κ3) is 4.35. The van der Waals surface area contributed by atoms with E-state index < -0.39 is 0 Å². The molecule has 3 nitrogen and oxygen atoms in total. The van der Waals surface area contributed by atoms with E-state index in [9.17, 15) is 0 Å². The van der Waals surface area contributed by atoms with Crippen molar-refractivity contribution in [1.29, 1.82) is 0 Å². The summed E-state index contributed by atoms with van der Waals surface area (Å²) in [6.07, 6.45) is 0.184. The Morgan fingerprint density at radius 3 is 2.27 bits per heavy atom. The molecule has 0 aliphatic heterocycles. The van der Waals surface area contributed by atoms with Gasteiger partial charge < -0.3 is 15.2 Å². The lowest BCUT2D eigenvalue weighted by atomic mass is 10.2. The van der Waals surface area contributed by atoms with Gasteiger partial charge in [0.2, 0.25) is 0 Å². The first-order valence-corrected chi connectivity index (χ1v) is 4.01. The summed E-state index contributed by atoms with van der Waals surface area (Å²) in [7, 11) is 1.69. The number of rotatable bonds is 5. The van der Waals surface area contributed by atoms with Crippen molar-refractivity contribution in [3.8, 4) is 0 Å². The van der Waals surface area contributed by atoms with E-state index in [0.29, 0.717) is 0 Å². The van der Waals surface area contributed by atoms with Gasteiger partial charge in [0, 0.05) is 19.2 Å². The second-order valence-electron chi connectivity index (χ2n) is 2.98. The second kappa shape index (κ2) is 5.52. The van der Waals surface area contributed by atoms with E-state index in [4.69, 9.17) is 9.84 Å². The minimum absolute atomic E-state index is 0.141. The van der Waals surface area contributed by atoms with Crippen LogP contribution < -0.4 is 5.32 Å². The first-order valence-electron chi connectivity index (χ1n) is 4.01. The summed E-state index contributed by atoms with van der Waals surface area (Å²) in [5.41, 5.74) is 0. The molecular formula is C8H19NO2. The zero-order chi connectivity index (χ0) is 8.85. The standard InChI is InChI=1S/C8H19NO2/c1-6(5-10)9-7(2)8(3)11-4/h6-10H,5H2,1-4H3. The van der Waals surface area contributed by atoms with Gasteiger partial charge in [-0.15, -0.1) is 0 Å². The number of nitrogens with one attached hydrogen (secondary N) is 1. The third-order valence-corrected chi connectivity index (χ3v) is 1.90. The average molecular weight is 161 g/mol. The molecule has 0 saturated heterocycles. The molecule has 68 valence electrons. The van der Waals surface area contributed by atoms with Crippen molar-refractivity contribution in [2.45, 2.75) is 39.0 Å². The quantitative estimate of drug-likeness (QED) is 0.612. The molecule has 3 atom stereocenters. The predicted molar refractivity (Wildman–Crippen MR) is 45.6 cm³/mol. The molecule has 0 heterocycles. The van der Waals surface area contributed by atoms with E-state index in [1.54, 1.807) is 7.11 Å². The van der Waals surface area contributed by atoms with Crippen molar-refractivity contribution in [3.63, 3.8) is 0 Å². The van der Waals surface area contributed by atoms with Gasteiger partial charge in [-0.05, 0) is 20.8 Å². The van der Waals surface area contributed by atoms with Gasteiger partial charge in [0.25, 0.3) is 0 Å². The van der Waals surface area contributed by atoms with E-state index in [1.807, 2.05) is 20.8 Å². The zero-order valence-electron chi connectivity index (χ0n) is 7.79. The van der Waals surface area contributed by atoms with Gasteiger partial charge in [-0.1, -0.05) is 0 Å². The van der Waals surface area contributed by atoms with Crippen LogP contribution >= 0.6 is 0 Å². The third-order valence-electron chi connectivity index (χ3n) is 1.90. The summed E-state index contributed by atoms with van der Waals surface area (Å²) >= 11 is 0. The van der Waals surface area contributed by atoms with Gasteiger partial charge in [-0.2, -0.15) is 0 Å². The molecule has 0 rings (SSSR count). The van der Waals surface area contributed by atoms with Crippen LogP contribution in [-0.2, 0) is 4.74 Å². The Hall–Kier alpha value is -0.120. The van der Waals surface area contributed by atoms with Gasteiger partial charge in [0.05, 0.1) is 12.7 Å². The van der Waals surface area contributed by atoms with E-state index in [1.165, 1.54) is 0 Å². The van der Waals surface area contributed by atoms with E-state index in [2.05, 4.69) is 5.32 Å². The summed E-state index contributed by atoms with van der Waals surface area (Å²) in [6.45, 7) is 6.15. The van der Waals surface area contributed by atoms with E-state index in [0.717, 1.165) is 0 Å². The van der Waals surface area contributed by atoms with Crippen LogP contribution in [0.4, 0.5) is 0 Å². The summed E-state index contributed by atoms with van der Waals surface area (Å²) < 4.78 is 5.11. The molecular weight excluding hydrogens is 142 g/mol. The van der Waals surface area contributed by atoms with Gasteiger partial charge >= 0.3 is 0 Å². The highest BCUT2D eigenvalue weighted by atomic mass is 16.5. The van der Waals surface area contributed by atoms with Crippen LogP contribution in [0.15, 0.2) is 0 Å². The minimum Gasteiger partial charge on any atom is -0.395 e. The smallest absolute Gasteiger partial charge is 0.0693 e. The lowest BCUT2D eigenvalue weighted by Crippen LogP contribution is -2.43. The van der Waals surface area contributed by atoms with Crippen molar-refractivity contribution >= 4 is 0 Å². The number of methoxy groups -OCH3 is 1. The first kappa shape index (κ1) is 10.9. The number of ether oxygens (including phenoxy) is 1. The molecule has 3 unspecified atom stereocenters.